The normalized spacial score (nSPS) is 21.8. The average Bonchev–Trinajstić information content (AvgIpc) is 2.18. The second-order valence-corrected chi connectivity index (χ2v) is 5.18. The van der Waals surface area contributed by atoms with Gasteiger partial charge in [0.05, 0.1) is 6.10 Å². The third kappa shape index (κ3) is 4.40. The van der Waals surface area contributed by atoms with Gasteiger partial charge >= 0.3 is 0 Å². The van der Waals surface area contributed by atoms with Crippen LogP contribution in [0.2, 0.25) is 0 Å². The number of likely N-dealkylation sites (tertiary alicyclic amines) is 1. The van der Waals surface area contributed by atoms with Gasteiger partial charge in [0, 0.05) is 32.2 Å². The zero-order valence-corrected chi connectivity index (χ0v) is 11.1. The highest BCUT2D eigenvalue weighted by atomic mass is 16.3. The Hall–Kier alpha value is -0.120. The lowest BCUT2D eigenvalue weighted by Gasteiger charge is -2.44. The summed E-state index contributed by atoms with van der Waals surface area (Å²) in [6.45, 7) is 10.7. The minimum absolute atomic E-state index is 0.223. The first-order valence-corrected chi connectivity index (χ1v) is 6.80. The molecule has 0 saturated carbocycles. The van der Waals surface area contributed by atoms with Crippen LogP contribution in [0.1, 0.15) is 40.0 Å². The number of nitrogens with zero attached hydrogens (tertiary/aromatic N) is 1. The minimum Gasteiger partial charge on any atom is -0.392 e. The van der Waals surface area contributed by atoms with Crippen molar-refractivity contribution in [3.05, 3.63) is 0 Å². The van der Waals surface area contributed by atoms with Gasteiger partial charge in [-0.2, -0.15) is 0 Å². The summed E-state index contributed by atoms with van der Waals surface area (Å²) >= 11 is 0. The SMILES string of the molecule is CCCC(CC)N1CC(CNCC(C)O)C1. The lowest BCUT2D eigenvalue weighted by Crippen LogP contribution is -2.55. The first-order chi connectivity index (χ1) is 7.67. The monoisotopic (exact) mass is 228 g/mol. The van der Waals surface area contributed by atoms with E-state index in [1.165, 1.54) is 32.4 Å². The fourth-order valence-corrected chi connectivity index (χ4v) is 2.51. The molecule has 0 aromatic heterocycles. The molecule has 2 unspecified atom stereocenters. The van der Waals surface area contributed by atoms with Gasteiger partial charge in [-0.1, -0.05) is 20.3 Å². The number of hydrogen-bond donors (Lipinski definition) is 2. The van der Waals surface area contributed by atoms with Crippen molar-refractivity contribution in [2.24, 2.45) is 5.92 Å². The van der Waals surface area contributed by atoms with Gasteiger partial charge in [-0.25, -0.2) is 0 Å². The van der Waals surface area contributed by atoms with Crippen LogP contribution in [0, 0.1) is 5.92 Å². The topological polar surface area (TPSA) is 35.5 Å². The van der Waals surface area contributed by atoms with E-state index in [9.17, 15) is 0 Å². The van der Waals surface area contributed by atoms with Crippen molar-refractivity contribution >= 4 is 0 Å². The molecule has 0 aliphatic carbocycles. The summed E-state index contributed by atoms with van der Waals surface area (Å²) in [6, 6.07) is 0.804. The maximum absolute atomic E-state index is 9.13. The molecular formula is C13H28N2O. The summed E-state index contributed by atoms with van der Waals surface area (Å²) in [7, 11) is 0. The van der Waals surface area contributed by atoms with Crippen LogP contribution in [0.3, 0.4) is 0 Å². The van der Waals surface area contributed by atoms with Crippen molar-refractivity contribution in [3.63, 3.8) is 0 Å². The number of nitrogens with one attached hydrogen (secondary N) is 1. The Morgan fingerprint density at radius 3 is 2.56 bits per heavy atom. The second kappa shape index (κ2) is 7.25. The predicted octanol–water partition coefficient (Wildman–Crippen LogP) is 1.47. The molecule has 1 aliphatic rings. The van der Waals surface area contributed by atoms with Gasteiger partial charge in [0.15, 0.2) is 0 Å². The zero-order chi connectivity index (χ0) is 12.0. The highest BCUT2D eigenvalue weighted by Gasteiger charge is 2.30. The Bertz CT molecular complexity index is 179. The van der Waals surface area contributed by atoms with Crippen molar-refractivity contribution < 1.29 is 5.11 Å². The maximum Gasteiger partial charge on any atom is 0.0636 e. The van der Waals surface area contributed by atoms with Crippen LogP contribution in [0.4, 0.5) is 0 Å². The fourth-order valence-electron chi connectivity index (χ4n) is 2.51. The number of hydrogen-bond acceptors (Lipinski definition) is 3. The highest BCUT2D eigenvalue weighted by Crippen LogP contribution is 2.22. The molecule has 0 spiro atoms. The van der Waals surface area contributed by atoms with Crippen LogP contribution in [-0.4, -0.2) is 48.3 Å². The molecule has 96 valence electrons. The maximum atomic E-state index is 9.13. The van der Waals surface area contributed by atoms with Gasteiger partial charge in [0.25, 0.3) is 0 Å². The van der Waals surface area contributed by atoms with Gasteiger partial charge in [-0.15, -0.1) is 0 Å². The minimum atomic E-state index is -0.223. The molecule has 0 aromatic carbocycles. The van der Waals surface area contributed by atoms with Crippen LogP contribution in [0.15, 0.2) is 0 Å². The average molecular weight is 228 g/mol. The van der Waals surface area contributed by atoms with Gasteiger partial charge in [-0.05, 0) is 25.7 Å². The van der Waals surface area contributed by atoms with Crippen LogP contribution >= 0.6 is 0 Å². The number of aliphatic hydroxyl groups excluding tert-OH is 1. The standard InChI is InChI=1S/C13H28N2O/c1-4-6-13(5-2)15-9-12(10-15)8-14-7-11(3)16/h11-14,16H,4-10H2,1-3H3. The summed E-state index contributed by atoms with van der Waals surface area (Å²) in [5, 5.41) is 12.5. The Kier molecular flexibility index (Phi) is 6.32. The Balaban J connectivity index is 2.07. The van der Waals surface area contributed by atoms with E-state index in [1.807, 2.05) is 6.92 Å². The van der Waals surface area contributed by atoms with E-state index in [2.05, 4.69) is 24.1 Å². The first kappa shape index (κ1) is 13.9. The van der Waals surface area contributed by atoms with E-state index in [4.69, 9.17) is 5.11 Å². The van der Waals surface area contributed by atoms with E-state index in [0.29, 0.717) is 0 Å². The zero-order valence-electron chi connectivity index (χ0n) is 11.1. The quantitative estimate of drug-likeness (QED) is 0.660. The van der Waals surface area contributed by atoms with Crippen molar-refractivity contribution in [2.75, 3.05) is 26.2 Å². The highest BCUT2D eigenvalue weighted by molar-refractivity contribution is 4.86. The summed E-state index contributed by atoms with van der Waals surface area (Å²) < 4.78 is 0. The smallest absolute Gasteiger partial charge is 0.0636 e. The van der Waals surface area contributed by atoms with Gasteiger partial charge in [-0.3, -0.25) is 4.90 Å². The Morgan fingerprint density at radius 1 is 1.38 bits per heavy atom. The van der Waals surface area contributed by atoms with Crippen LogP contribution in [0.5, 0.6) is 0 Å². The fraction of sp³-hybridized carbons (Fsp3) is 1.00. The van der Waals surface area contributed by atoms with Crippen LogP contribution in [-0.2, 0) is 0 Å². The Morgan fingerprint density at radius 2 is 2.06 bits per heavy atom. The summed E-state index contributed by atoms with van der Waals surface area (Å²) in [4.78, 5) is 2.61. The van der Waals surface area contributed by atoms with E-state index in [0.717, 1.165) is 25.0 Å². The van der Waals surface area contributed by atoms with E-state index in [1.54, 1.807) is 0 Å². The lowest BCUT2D eigenvalue weighted by molar-refractivity contribution is 0.0447. The van der Waals surface area contributed by atoms with Gasteiger partial charge < -0.3 is 10.4 Å². The molecule has 2 N–H and O–H groups in total. The molecule has 0 bridgehead atoms. The van der Waals surface area contributed by atoms with E-state index < -0.39 is 0 Å². The van der Waals surface area contributed by atoms with Crippen LogP contribution < -0.4 is 5.32 Å². The molecule has 1 saturated heterocycles. The lowest BCUT2D eigenvalue weighted by atomic mass is 9.94. The van der Waals surface area contributed by atoms with Crippen molar-refractivity contribution in [1.82, 2.24) is 10.2 Å². The van der Waals surface area contributed by atoms with Gasteiger partial charge in [0.2, 0.25) is 0 Å². The molecule has 1 rings (SSSR count). The summed E-state index contributed by atoms with van der Waals surface area (Å²) in [5.74, 6) is 0.796. The summed E-state index contributed by atoms with van der Waals surface area (Å²) in [5.41, 5.74) is 0. The van der Waals surface area contributed by atoms with Gasteiger partial charge in [0.1, 0.15) is 0 Å². The third-order valence-corrected chi connectivity index (χ3v) is 3.47. The van der Waals surface area contributed by atoms with E-state index in [-0.39, 0.29) is 6.10 Å². The van der Waals surface area contributed by atoms with Crippen molar-refractivity contribution in [1.29, 1.82) is 0 Å². The number of aliphatic hydroxyl groups is 1. The molecule has 0 radical (unpaired) electrons. The molecule has 1 heterocycles. The molecule has 16 heavy (non-hydrogen) atoms. The molecule has 0 amide bonds. The van der Waals surface area contributed by atoms with Crippen molar-refractivity contribution in [2.45, 2.75) is 52.2 Å². The first-order valence-electron chi connectivity index (χ1n) is 6.80. The van der Waals surface area contributed by atoms with Crippen LogP contribution in [0.25, 0.3) is 0 Å². The second-order valence-electron chi connectivity index (χ2n) is 5.18. The largest absolute Gasteiger partial charge is 0.392 e. The molecule has 0 aromatic rings. The molecule has 1 fully saturated rings. The predicted molar refractivity (Wildman–Crippen MR) is 68.6 cm³/mol. The Labute approximate surface area is 100 Å². The molecule has 2 atom stereocenters. The molecule has 3 nitrogen and oxygen atoms in total. The van der Waals surface area contributed by atoms with Crippen molar-refractivity contribution in [3.8, 4) is 0 Å². The molecular weight excluding hydrogens is 200 g/mol. The molecule has 3 heteroatoms. The summed E-state index contributed by atoms with van der Waals surface area (Å²) in [6.07, 6.45) is 3.69. The number of rotatable bonds is 8. The van der Waals surface area contributed by atoms with E-state index >= 15 is 0 Å². The molecule has 1 aliphatic heterocycles. The third-order valence-electron chi connectivity index (χ3n) is 3.47.